The minimum absolute atomic E-state index is 0. The lowest BCUT2D eigenvalue weighted by atomic mass is 10.1. The van der Waals surface area contributed by atoms with Crippen LogP contribution in [-0.4, -0.2) is 30.7 Å². The molecule has 0 aliphatic rings. The average molecular weight is 348 g/mol. The number of imidazole rings is 1. The number of fused-ring (bicyclic) bond motifs is 1. The molecule has 0 saturated carbocycles. The number of aliphatic hydroxyl groups excluding tert-OH is 1. The maximum absolute atomic E-state index is 9.76. The quantitative estimate of drug-likeness (QED) is 0.687. The zero-order valence-corrected chi connectivity index (χ0v) is 14.3. The number of aromatic nitrogens is 4. The van der Waals surface area contributed by atoms with Crippen molar-refractivity contribution >= 4 is 29.4 Å². The van der Waals surface area contributed by atoms with Crippen molar-refractivity contribution in [3.8, 4) is 23.4 Å². The summed E-state index contributed by atoms with van der Waals surface area (Å²) >= 11 is 0. The number of anilines is 1. The van der Waals surface area contributed by atoms with Crippen molar-refractivity contribution in [2.45, 2.75) is 20.0 Å². The first-order valence-corrected chi connectivity index (χ1v) is 7.20. The van der Waals surface area contributed by atoms with Crippen molar-refractivity contribution in [3.05, 3.63) is 24.2 Å². The smallest absolute Gasteiger partial charge is 0.209 e. The lowest BCUT2D eigenvalue weighted by molar-refractivity contribution is 0.181. The van der Waals surface area contributed by atoms with Crippen molar-refractivity contribution in [3.63, 3.8) is 0 Å². The summed E-state index contributed by atoms with van der Waals surface area (Å²) in [6.07, 6.45) is 0.842. The molecule has 24 heavy (non-hydrogen) atoms. The van der Waals surface area contributed by atoms with Crippen LogP contribution < -0.4 is 5.73 Å². The van der Waals surface area contributed by atoms with Gasteiger partial charge in [-0.1, -0.05) is 19.8 Å². The Kier molecular flexibility index (Phi) is 5.12. The van der Waals surface area contributed by atoms with E-state index in [1.807, 2.05) is 27.0 Å². The van der Waals surface area contributed by atoms with Gasteiger partial charge in [-0.3, -0.25) is 0 Å². The highest BCUT2D eigenvalue weighted by Crippen LogP contribution is 2.25. The fraction of sp³-hybridized carbons (Fsp3) is 0.312. The second kappa shape index (κ2) is 6.91. The molecule has 0 spiro atoms. The van der Waals surface area contributed by atoms with Crippen molar-refractivity contribution in [2.24, 2.45) is 13.0 Å². The maximum atomic E-state index is 9.76. The Morgan fingerprint density at radius 2 is 2.04 bits per heavy atom. The van der Waals surface area contributed by atoms with Gasteiger partial charge in [0.15, 0.2) is 28.6 Å². The third-order valence-corrected chi connectivity index (χ3v) is 3.45. The summed E-state index contributed by atoms with van der Waals surface area (Å²) in [4.78, 5) is 13.0. The van der Waals surface area contributed by atoms with E-state index in [1.54, 1.807) is 16.9 Å². The highest BCUT2D eigenvalue weighted by Gasteiger charge is 2.16. The highest BCUT2D eigenvalue weighted by molar-refractivity contribution is 5.85. The van der Waals surface area contributed by atoms with Crippen molar-refractivity contribution < 1.29 is 9.52 Å². The van der Waals surface area contributed by atoms with Gasteiger partial charge in [0.2, 0.25) is 5.82 Å². The van der Waals surface area contributed by atoms with E-state index in [4.69, 9.17) is 10.2 Å². The maximum Gasteiger partial charge on any atom is 0.209 e. The molecule has 0 aliphatic carbocycles. The predicted octanol–water partition coefficient (Wildman–Crippen LogP) is 2.00. The number of nitrogen functional groups attached to an aromatic ring is 1. The van der Waals surface area contributed by atoms with E-state index in [-0.39, 0.29) is 30.0 Å². The van der Waals surface area contributed by atoms with E-state index in [1.165, 1.54) is 0 Å². The van der Waals surface area contributed by atoms with Crippen LogP contribution in [0.1, 0.15) is 19.7 Å². The summed E-state index contributed by atoms with van der Waals surface area (Å²) in [6.45, 7) is 3.77. The van der Waals surface area contributed by atoms with Crippen LogP contribution >= 0.6 is 12.4 Å². The van der Waals surface area contributed by atoms with E-state index in [0.29, 0.717) is 22.7 Å². The first-order valence-electron chi connectivity index (χ1n) is 7.20. The minimum Gasteiger partial charge on any atom is -0.461 e. The molecule has 3 rings (SSSR count). The van der Waals surface area contributed by atoms with Gasteiger partial charge in [-0.15, -0.1) is 12.4 Å². The number of rotatable bonds is 2. The Bertz CT molecular complexity index is 906. The van der Waals surface area contributed by atoms with Crippen LogP contribution in [0.3, 0.4) is 0 Å². The Balaban J connectivity index is 0.00000208. The number of aliphatic hydroxyl groups is 1. The van der Waals surface area contributed by atoms with Crippen LogP contribution in [0.5, 0.6) is 0 Å². The molecule has 0 aromatic carbocycles. The number of halogens is 1. The Hall–Kier alpha value is -2.56. The largest absolute Gasteiger partial charge is 0.461 e. The predicted molar refractivity (Wildman–Crippen MR) is 93.4 cm³/mol. The molecule has 0 bridgehead atoms. The molecule has 3 aromatic heterocycles. The summed E-state index contributed by atoms with van der Waals surface area (Å²) in [6, 6.07) is 3.60. The molecule has 8 heteroatoms. The number of hydrogen-bond donors (Lipinski definition) is 2. The van der Waals surface area contributed by atoms with Gasteiger partial charge in [0.1, 0.15) is 6.10 Å². The highest BCUT2D eigenvalue weighted by atomic mass is 35.5. The molecule has 3 heterocycles. The number of hydrogen-bond acceptors (Lipinski definition) is 6. The van der Waals surface area contributed by atoms with Crippen LogP contribution in [0.2, 0.25) is 0 Å². The zero-order chi connectivity index (χ0) is 16.6. The zero-order valence-electron chi connectivity index (χ0n) is 13.5. The molecule has 0 saturated heterocycles. The second-order valence-electron chi connectivity index (χ2n) is 5.53. The lowest BCUT2D eigenvalue weighted by Crippen LogP contribution is -2.11. The number of nitrogens with zero attached hydrogens (tertiary/aromatic N) is 4. The Morgan fingerprint density at radius 1 is 1.29 bits per heavy atom. The van der Waals surface area contributed by atoms with E-state index >= 15 is 0 Å². The fourth-order valence-corrected chi connectivity index (χ4v) is 2.07. The van der Waals surface area contributed by atoms with E-state index < -0.39 is 6.10 Å². The summed E-state index contributed by atoms with van der Waals surface area (Å²) in [7, 11) is 1.82. The van der Waals surface area contributed by atoms with Crippen LogP contribution in [0.4, 0.5) is 5.82 Å². The molecule has 1 unspecified atom stereocenters. The third kappa shape index (κ3) is 3.20. The van der Waals surface area contributed by atoms with Crippen molar-refractivity contribution in [2.75, 3.05) is 5.73 Å². The van der Waals surface area contributed by atoms with Crippen LogP contribution in [0, 0.1) is 17.8 Å². The Morgan fingerprint density at radius 3 is 2.67 bits per heavy atom. The van der Waals surface area contributed by atoms with Crippen LogP contribution in [0.15, 0.2) is 22.8 Å². The van der Waals surface area contributed by atoms with Gasteiger partial charge in [-0.2, -0.15) is 0 Å². The van der Waals surface area contributed by atoms with Gasteiger partial charge in [0.25, 0.3) is 0 Å². The lowest BCUT2D eigenvalue weighted by Gasteiger charge is -2.05. The summed E-state index contributed by atoms with van der Waals surface area (Å²) in [5.74, 6) is 7.24. The van der Waals surface area contributed by atoms with Gasteiger partial charge in [0.05, 0.1) is 6.26 Å². The third-order valence-electron chi connectivity index (χ3n) is 3.45. The Labute approximate surface area is 145 Å². The van der Waals surface area contributed by atoms with Crippen LogP contribution in [-0.2, 0) is 7.05 Å². The monoisotopic (exact) mass is 347 g/mol. The first kappa shape index (κ1) is 17.8. The molecule has 7 nitrogen and oxygen atoms in total. The van der Waals surface area contributed by atoms with Gasteiger partial charge in [-0.05, 0) is 24.0 Å². The standard InChI is InChI=1S/C16H17N5O2.ClH/c1-9(2)10(22)6-7-12-18-14(17)13-16(19-12)21(3)15(20-13)11-5-4-8-23-11;/h4-5,8-10,22H,1-3H3,(H2,17,18,19);1H. The van der Waals surface area contributed by atoms with E-state index in [2.05, 4.69) is 26.8 Å². The molecule has 3 aromatic rings. The van der Waals surface area contributed by atoms with E-state index in [0.717, 1.165) is 0 Å². The van der Waals surface area contributed by atoms with Gasteiger partial charge in [-0.25, -0.2) is 15.0 Å². The molecule has 1 atom stereocenters. The topological polar surface area (TPSA) is 103 Å². The molecular weight excluding hydrogens is 330 g/mol. The molecule has 126 valence electrons. The van der Waals surface area contributed by atoms with Gasteiger partial charge in [0, 0.05) is 7.05 Å². The van der Waals surface area contributed by atoms with Gasteiger partial charge < -0.3 is 19.8 Å². The molecular formula is C16H18ClN5O2. The molecule has 0 fully saturated rings. The molecule has 0 radical (unpaired) electrons. The fourth-order valence-electron chi connectivity index (χ4n) is 2.07. The second-order valence-corrected chi connectivity index (χ2v) is 5.53. The first-order chi connectivity index (χ1) is 11.0. The SMILES string of the molecule is CC(C)C(O)C#Cc1nc(N)c2nc(-c3ccco3)n(C)c2n1.Cl. The molecule has 0 amide bonds. The normalized spacial score (nSPS) is 11.9. The molecule has 3 N–H and O–H groups in total. The number of aryl methyl sites for hydroxylation is 1. The summed E-state index contributed by atoms with van der Waals surface area (Å²) in [5, 5.41) is 9.76. The summed E-state index contributed by atoms with van der Waals surface area (Å²) in [5.41, 5.74) is 7.03. The average Bonchev–Trinajstić information content (AvgIpc) is 3.13. The van der Waals surface area contributed by atoms with E-state index in [9.17, 15) is 5.11 Å². The minimum atomic E-state index is -0.735. The number of furan rings is 1. The van der Waals surface area contributed by atoms with Gasteiger partial charge >= 0.3 is 0 Å². The van der Waals surface area contributed by atoms with Crippen molar-refractivity contribution in [1.82, 2.24) is 19.5 Å². The number of nitrogens with two attached hydrogens (primary N) is 1. The molecule has 0 aliphatic heterocycles. The summed E-state index contributed by atoms with van der Waals surface area (Å²) < 4.78 is 7.15. The van der Waals surface area contributed by atoms with Crippen LogP contribution in [0.25, 0.3) is 22.7 Å². The van der Waals surface area contributed by atoms with Crippen molar-refractivity contribution in [1.29, 1.82) is 0 Å².